The minimum absolute atomic E-state index is 0.135. The molecule has 0 unspecified atom stereocenters. The van der Waals surface area contributed by atoms with Crippen LogP contribution in [-0.2, 0) is 5.41 Å². The Hall–Kier alpha value is -6.46. The molecule has 0 fully saturated rings. The highest BCUT2D eigenvalue weighted by Crippen LogP contribution is 2.49. The summed E-state index contributed by atoms with van der Waals surface area (Å²) in [5.74, 6) is 1.88. The third-order valence-corrected chi connectivity index (χ3v) is 10.1. The van der Waals surface area contributed by atoms with Crippen molar-refractivity contribution in [2.75, 3.05) is 0 Å². The highest BCUT2D eigenvalue weighted by atomic mass is 16.3. The average molecular weight is 643 g/mol. The number of furan rings is 1. The van der Waals surface area contributed by atoms with Crippen molar-refractivity contribution in [3.05, 3.63) is 157 Å². The van der Waals surface area contributed by atoms with Gasteiger partial charge in [0.1, 0.15) is 11.3 Å². The Morgan fingerprint density at radius 1 is 0.460 bits per heavy atom. The van der Waals surface area contributed by atoms with Crippen LogP contribution in [0.4, 0.5) is 0 Å². The van der Waals surface area contributed by atoms with Gasteiger partial charge in [-0.1, -0.05) is 129 Å². The molecule has 0 saturated carbocycles. The lowest BCUT2D eigenvalue weighted by Crippen LogP contribution is -2.15. The predicted octanol–water partition coefficient (Wildman–Crippen LogP) is 11.3. The Bertz CT molecular complexity index is 2780. The monoisotopic (exact) mass is 642 g/mol. The highest BCUT2D eigenvalue weighted by molar-refractivity contribution is 6.21. The van der Waals surface area contributed by atoms with Crippen LogP contribution in [0.25, 0.3) is 89.4 Å². The van der Waals surface area contributed by atoms with Crippen molar-refractivity contribution in [2.24, 2.45) is 0 Å². The summed E-state index contributed by atoms with van der Waals surface area (Å²) in [6, 6.07) is 50.1. The van der Waals surface area contributed by atoms with Crippen molar-refractivity contribution in [3.8, 4) is 56.5 Å². The molecule has 5 nitrogen and oxygen atoms in total. The van der Waals surface area contributed by atoms with Crippen LogP contribution in [0.1, 0.15) is 25.0 Å². The van der Waals surface area contributed by atoms with Gasteiger partial charge in [0.05, 0.1) is 5.52 Å². The van der Waals surface area contributed by atoms with Crippen LogP contribution in [0.2, 0.25) is 0 Å². The van der Waals surface area contributed by atoms with Gasteiger partial charge in [-0.2, -0.15) is 0 Å². The normalized spacial score (nSPS) is 13.2. The Morgan fingerprint density at radius 2 is 1.06 bits per heavy atom. The van der Waals surface area contributed by atoms with Crippen molar-refractivity contribution < 1.29 is 4.42 Å². The first-order chi connectivity index (χ1) is 24.5. The average Bonchev–Trinajstić information content (AvgIpc) is 3.67. The van der Waals surface area contributed by atoms with Crippen LogP contribution in [0.15, 0.2) is 150 Å². The summed E-state index contributed by atoms with van der Waals surface area (Å²) in [7, 11) is 0. The molecule has 0 spiro atoms. The van der Waals surface area contributed by atoms with E-state index in [0.717, 1.165) is 60.8 Å². The fourth-order valence-corrected chi connectivity index (χ4v) is 7.61. The lowest BCUT2D eigenvalue weighted by molar-refractivity contribution is 0.660. The molecule has 9 aromatic rings. The third-order valence-electron chi connectivity index (χ3n) is 10.1. The van der Waals surface area contributed by atoms with E-state index < -0.39 is 0 Å². The number of hydrogen-bond acceptors (Lipinski definition) is 5. The maximum Gasteiger partial charge on any atom is 0.164 e. The third kappa shape index (κ3) is 4.33. The van der Waals surface area contributed by atoms with Crippen LogP contribution < -0.4 is 0 Å². The molecular formula is C45H30N4O. The lowest BCUT2D eigenvalue weighted by Gasteiger charge is -2.21. The number of fused-ring (bicyclic) bond motifs is 8. The Balaban J connectivity index is 1.19. The van der Waals surface area contributed by atoms with Gasteiger partial charge in [0, 0.05) is 43.8 Å². The maximum atomic E-state index is 6.60. The molecule has 6 aromatic carbocycles. The largest absolute Gasteiger partial charge is 0.454 e. The van der Waals surface area contributed by atoms with Crippen molar-refractivity contribution in [1.82, 2.24) is 19.9 Å². The smallest absolute Gasteiger partial charge is 0.164 e. The van der Waals surface area contributed by atoms with Gasteiger partial charge in [0.2, 0.25) is 0 Å². The summed E-state index contributed by atoms with van der Waals surface area (Å²) in [5.41, 5.74) is 12.1. The van der Waals surface area contributed by atoms with Gasteiger partial charge in [-0.05, 0) is 52.6 Å². The van der Waals surface area contributed by atoms with Crippen molar-refractivity contribution in [1.29, 1.82) is 0 Å². The van der Waals surface area contributed by atoms with Crippen LogP contribution in [-0.4, -0.2) is 19.9 Å². The van der Waals surface area contributed by atoms with E-state index in [1.165, 1.54) is 22.3 Å². The summed E-state index contributed by atoms with van der Waals surface area (Å²) >= 11 is 0. The van der Waals surface area contributed by atoms with Crippen molar-refractivity contribution in [3.63, 3.8) is 0 Å². The Kier molecular flexibility index (Phi) is 6.15. The Morgan fingerprint density at radius 3 is 1.84 bits per heavy atom. The van der Waals surface area contributed by atoms with Crippen molar-refractivity contribution >= 4 is 32.8 Å². The van der Waals surface area contributed by atoms with E-state index in [1.54, 1.807) is 0 Å². The predicted molar refractivity (Wildman–Crippen MR) is 202 cm³/mol. The number of para-hydroxylation sites is 1. The minimum atomic E-state index is -0.135. The molecule has 0 atom stereocenters. The molecule has 10 rings (SSSR count). The number of aromatic nitrogens is 4. The topological polar surface area (TPSA) is 64.7 Å². The molecule has 1 aliphatic rings. The fraction of sp³-hybridized carbons (Fsp3) is 0.0667. The van der Waals surface area contributed by atoms with E-state index >= 15 is 0 Å². The molecule has 0 radical (unpaired) electrons. The molecule has 0 N–H and O–H groups in total. The van der Waals surface area contributed by atoms with Crippen LogP contribution in [0.5, 0.6) is 0 Å². The van der Waals surface area contributed by atoms with Crippen LogP contribution >= 0.6 is 0 Å². The summed E-state index contributed by atoms with van der Waals surface area (Å²) in [4.78, 5) is 20.3. The summed E-state index contributed by atoms with van der Waals surface area (Å²) in [6.07, 6.45) is 0. The zero-order valence-electron chi connectivity index (χ0n) is 27.6. The zero-order valence-corrected chi connectivity index (χ0v) is 27.6. The number of nitrogens with zero attached hydrogens (tertiary/aromatic N) is 4. The van der Waals surface area contributed by atoms with E-state index in [9.17, 15) is 0 Å². The van der Waals surface area contributed by atoms with E-state index in [2.05, 4.69) is 92.7 Å². The molecule has 3 heterocycles. The molecule has 0 aliphatic heterocycles. The number of rotatable bonds is 4. The molecule has 1 aliphatic carbocycles. The van der Waals surface area contributed by atoms with E-state index in [4.69, 9.17) is 24.4 Å². The van der Waals surface area contributed by atoms with Gasteiger partial charge in [-0.15, -0.1) is 0 Å². The summed E-state index contributed by atoms with van der Waals surface area (Å²) in [5, 5.41) is 3.07. The highest BCUT2D eigenvalue weighted by Gasteiger charge is 2.35. The first-order valence-corrected chi connectivity index (χ1v) is 16.9. The maximum absolute atomic E-state index is 6.60. The van der Waals surface area contributed by atoms with Gasteiger partial charge in [0.15, 0.2) is 23.1 Å². The van der Waals surface area contributed by atoms with E-state index in [1.807, 2.05) is 66.7 Å². The van der Waals surface area contributed by atoms with Gasteiger partial charge < -0.3 is 4.42 Å². The van der Waals surface area contributed by atoms with E-state index in [0.29, 0.717) is 17.5 Å². The fourth-order valence-electron chi connectivity index (χ4n) is 7.61. The first kappa shape index (κ1) is 28.5. The second kappa shape index (κ2) is 10.8. The van der Waals surface area contributed by atoms with Gasteiger partial charge in [-0.25, -0.2) is 19.9 Å². The SMILES string of the molecule is CC1(C)c2ccccc2-c2ccc(-c3nc(-c4ccccc4)nc(-c4ccc5oc6c(-c7ccccc7)nc7ccccc7c6c5c4)n3)cc21. The first-order valence-electron chi connectivity index (χ1n) is 16.9. The van der Waals surface area contributed by atoms with Crippen LogP contribution in [0.3, 0.4) is 0 Å². The molecular weight excluding hydrogens is 613 g/mol. The van der Waals surface area contributed by atoms with Crippen LogP contribution in [0, 0.1) is 0 Å². The van der Waals surface area contributed by atoms with Gasteiger partial charge in [0.25, 0.3) is 0 Å². The summed E-state index contributed by atoms with van der Waals surface area (Å²) < 4.78 is 6.60. The molecule has 236 valence electrons. The van der Waals surface area contributed by atoms with Crippen molar-refractivity contribution in [2.45, 2.75) is 19.3 Å². The molecule has 5 heteroatoms. The molecule has 0 amide bonds. The standard InChI is InChI=1S/C45H30N4O/c1-45(2)35-19-11-9-17-31(35)32-23-21-30(26-36(32)45)44-48-42(28-15-7-4-8-16-28)47-43(49-44)29-22-24-38-34(25-29)39-33-18-10-12-20-37(33)46-40(41(39)50-38)27-13-5-3-6-14-27/h3-26H,1-2H3. The quantitative estimate of drug-likeness (QED) is 0.191. The Labute approximate surface area is 289 Å². The second-order valence-electron chi connectivity index (χ2n) is 13.5. The lowest BCUT2D eigenvalue weighted by atomic mass is 9.82. The number of benzene rings is 6. The second-order valence-corrected chi connectivity index (χ2v) is 13.5. The van der Waals surface area contributed by atoms with E-state index in [-0.39, 0.29) is 5.41 Å². The summed E-state index contributed by atoms with van der Waals surface area (Å²) in [6.45, 7) is 4.59. The van der Waals surface area contributed by atoms with Gasteiger partial charge >= 0.3 is 0 Å². The number of hydrogen-bond donors (Lipinski definition) is 0. The molecule has 0 saturated heterocycles. The zero-order chi connectivity index (χ0) is 33.4. The molecule has 3 aromatic heterocycles. The molecule has 0 bridgehead atoms. The van der Waals surface area contributed by atoms with Gasteiger partial charge in [-0.3, -0.25) is 0 Å². The molecule has 50 heavy (non-hydrogen) atoms. The minimum Gasteiger partial charge on any atom is -0.454 e. The number of pyridine rings is 1.